The number of aromatic nitrogens is 2. The molecule has 0 atom stereocenters. The third-order valence-corrected chi connectivity index (χ3v) is 2.98. The van der Waals surface area contributed by atoms with Gasteiger partial charge in [0.05, 0.1) is 31.3 Å². The van der Waals surface area contributed by atoms with Crippen molar-refractivity contribution in [2.75, 3.05) is 19.5 Å². The monoisotopic (exact) mass is 275 g/mol. The van der Waals surface area contributed by atoms with Crippen molar-refractivity contribution < 1.29 is 14.3 Å². The van der Waals surface area contributed by atoms with Crippen molar-refractivity contribution >= 4 is 11.6 Å². The number of ether oxygens (including phenoxy) is 2. The van der Waals surface area contributed by atoms with Crippen LogP contribution in [-0.2, 0) is 0 Å². The molecule has 0 saturated carbocycles. The average Bonchev–Trinajstić information content (AvgIpc) is 2.78. The molecule has 1 aromatic carbocycles. The number of benzene rings is 1. The molecule has 0 unspecified atom stereocenters. The Balaban J connectivity index is 2.29. The number of nitrogens with one attached hydrogen (secondary N) is 2. The number of hydrogen-bond acceptors (Lipinski definition) is 4. The number of carbonyl (C=O) groups is 1. The lowest BCUT2D eigenvalue weighted by Gasteiger charge is -2.09. The molecule has 0 aliphatic carbocycles. The van der Waals surface area contributed by atoms with Crippen LogP contribution in [0.2, 0.25) is 0 Å². The summed E-state index contributed by atoms with van der Waals surface area (Å²) >= 11 is 0. The van der Waals surface area contributed by atoms with Gasteiger partial charge in [0, 0.05) is 11.6 Å². The summed E-state index contributed by atoms with van der Waals surface area (Å²) in [6, 6.07) is 5.02. The second kappa shape index (κ2) is 5.64. The minimum atomic E-state index is -0.241. The van der Waals surface area contributed by atoms with Crippen molar-refractivity contribution in [3.8, 4) is 11.5 Å². The van der Waals surface area contributed by atoms with Gasteiger partial charge in [-0.1, -0.05) is 0 Å². The molecule has 2 N–H and O–H groups in total. The first-order valence-electron chi connectivity index (χ1n) is 6.11. The molecule has 106 valence electrons. The van der Waals surface area contributed by atoms with Crippen molar-refractivity contribution in [2.24, 2.45) is 0 Å². The van der Waals surface area contributed by atoms with E-state index in [-0.39, 0.29) is 5.91 Å². The lowest BCUT2D eigenvalue weighted by molar-refractivity contribution is 0.102. The van der Waals surface area contributed by atoms with Crippen LogP contribution < -0.4 is 14.8 Å². The molecule has 1 aromatic heterocycles. The van der Waals surface area contributed by atoms with Crippen LogP contribution in [0.15, 0.2) is 18.2 Å². The molecule has 1 amide bonds. The zero-order chi connectivity index (χ0) is 14.7. The first-order valence-corrected chi connectivity index (χ1v) is 6.11. The van der Waals surface area contributed by atoms with Crippen LogP contribution in [0.1, 0.15) is 21.7 Å². The fourth-order valence-electron chi connectivity index (χ4n) is 1.86. The minimum Gasteiger partial charge on any atom is -0.497 e. The summed E-state index contributed by atoms with van der Waals surface area (Å²) in [6.07, 6.45) is 0. The molecule has 0 radical (unpaired) electrons. The highest BCUT2D eigenvalue weighted by Gasteiger charge is 2.14. The summed E-state index contributed by atoms with van der Waals surface area (Å²) in [6.45, 7) is 3.67. The lowest BCUT2D eigenvalue weighted by Crippen LogP contribution is -2.13. The third-order valence-electron chi connectivity index (χ3n) is 2.98. The number of methoxy groups -OCH3 is 2. The maximum Gasteiger partial charge on any atom is 0.256 e. The summed E-state index contributed by atoms with van der Waals surface area (Å²) in [4.78, 5) is 12.3. The molecule has 2 aromatic rings. The molecule has 0 spiro atoms. The van der Waals surface area contributed by atoms with Gasteiger partial charge in [-0.2, -0.15) is 5.10 Å². The maximum atomic E-state index is 12.3. The lowest BCUT2D eigenvalue weighted by atomic mass is 10.1. The number of nitrogens with zero attached hydrogens (tertiary/aromatic N) is 1. The predicted molar refractivity (Wildman–Crippen MR) is 75.6 cm³/mol. The van der Waals surface area contributed by atoms with E-state index >= 15 is 0 Å². The summed E-state index contributed by atoms with van der Waals surface area (Å²) in [5.41, 5.74) is 2.70. The van der Waals surface area contributed by atoms with Gasteiger partial charge < -0.3 is 14.8 Å². The van der Waals surface area contributed by atoms with Gasteiger partial charge in [-0.3, -0.25) is 9.89 Å². The molecule has 6 heteroatoms. The van der Waals surface area contributed by atoms with E-state index < -0.39 is 0 Å². The van der Waals surface area contributed by atoms with Gasteiger partial charge in [0.1, 0.15) is 11.5 Å². The molecule has 0 bridgehead atoms. The zero-order valence-corrected chi connectivity index (χ0v) is 11.9. The van der Waals surface area contributed by atoms with Gasteiger partial charge in [0.15, 0.2) is 0 Å². The molecule has 2 rings (SSSR count). The van der Waals surface area contributed by atoms with Crippen LogP contribution >= 0.6 is 0 Å². The molecule has 0 fully saturated rings. The third kappa shape index (κ3) is 2.74. The minimum absolute atomic E-state index is 0.241. The van der Waals surface area contributed by atoms with Gasteiger partial charge in [-0.05, 0) is 26.0 Å². The van der Waals surface area contributed by atoms with Crippen LogP contribution in [0.4, 0.5) is 5.69 Å². The number of aromatic amines is 1. The SMILES string of the molecule is COc1cc(OC)cc(C(=O)Nc2c(C)n[nH]c2C)c1. The first-order chi connectivity index (χ1) is 9.55. The van der Waals surface area contributed by atoms with Crippen molar-refractivity contribution in [1.82, 2.24) is 10.2 Å². The number of carbonyl (C=O) groups excluding carboxylic acids is 1. The van der Waals surface area contributed by atoms with Crippen molar-refractivity contribution in [3.05, 3.63) is 35.2 Å². The Hall–Kier alpha value is -2.50. The molecule has 20 heavy (non-hydrogen) atoms. The average molecular weight is 275 g/mol. The number of rotatable bonds is 4. The number of aryl methyl sites for hydroxylation is 2. The quantitative estimate of drug-likeness (QED) is 0.897. The standard InChI is InChI=1S/C14H17N3O3/c1-8-13(9(2)17-16-8)15-14(18)10-5-11(19-3)7-12(6-10)20-4/h5-7H,1-4H3,(H,15,18)(H,16,17). The van der Waals surface area contributed by atoms with E-state index in [1.807, 2.05) is 13.8 Å². The van der Waals surface area contributed by atoms with E-state index in [0.29, 0.717) is 22.7 Å². The molecular formula is C14H17N3O3. The van der Waals surface area contributed by atoms with Gasteiger partial charge in [0.2, 0.25) is 0 Å². The Morgan fingerprint density at radius 1 is 1.15 bits per heavy atom. The van der Waals surface area contributed by atoms with Crippen LogP contribution in [-0.4, -0.2) is 30.3 Å². The molecule has 6 nitrogen and oxygen atoms in total. The van der Waals surface area contributed by atoms with E-state index in [0.717, 1.165) is 11.4 Å². The van der Waals surface area contributed by atoms with Crippen LogP contribution in [0.3, 0.4) is 0 Å². The second-order valence-corrected chi connectivity index (χ2v) is 4.36. The normalized spacial score (nSPS) is 10.2. The van der Waals surface area contributed by atoms with Crippen molar-refractivity contribution in [2.45, 2.75) is 13.8 Å². The summed E-state index contributed by atoms with van der Waals surface area (Å²) in [5, 5.41) is 9.70. The topological polar surface area (TPSA) is 76.2 Å². The van der Waals surface area contributed by atoms with E-state index in [4.69, 9.17) is 9.47 Å². The molecular weight excluding hydrogens is 258 g/mol. The fraction of sp³-hybridized carbons (Fsp3) is 0.286. The Morgan fingerprint density at radius 3 is 2.20 bits per heavy atom. The Labute approximate surface area is 117 Å². The first kappa shape index (κ1) is 13.9. The van der Waals surface area contributed by atoms with Gasteiger partial charge in [-0.25, -0.2) is 0 Å². The number of H-pyrrole nitrogens is 1. The molecule has 0 aliphatic rings. The smallest absolute Gasteiger partial charge is 0.256 e. The van der Waals surface area contributed by atoms with Crippen LogP contribution in [0.5, 0.6) is 11.5 Å². The van der Waals surface area contributed by atoms with E-state index in [2.05, 4.69) is 15.5 Å². The van der Waals surface area contributed by atoms with Gasteiger partial charge in [0.25, 0.3) is 5.91 Å². The van der Waals surface area contributed by atoms with Crippen molar-refractivity contribution in [3.63, 3.8) is 0 Å². The molecule has 1 heterocycles. The Morgan fingerprint density at radius 2 is 1.75 bits per heavy atom. The van der Waals surface area contributed by atoms with E-state index in [9.17, 15) is 4.79 Å². The highest BCUT2D eigenvalue weighted by atomic mass is 16.5. The second-order valence-electron chi connectivity index (χ2n) is 4.36. The van der Waals surface area contributed by atoms with Crippen molar-refractivity contribution in [1.29, 1.82) is 0 Å². The highest BCUT2D eigenvalue weighted by molar-refractivity contribution is 6.05. The highest BCUT2D eigenvalue weighted by Crippen LogP contribution is 2.24. The fourth-order valence-corrected chi connectivity index (χ4v) is 1.86. The summed E-state index contributed by atoms with van der Waals surface area (Å²) < 4.78 is 10.3. The zero-order valence-electron chi connectivity index (χ0n) is 11.9. The van der Waals surface area contributed by atoms with E-state index in [1.165, 1.54) is 0 Å². The number of hydrogen-bond donors (Lipinski definition) is 2. The van der Waals surface area contributed by atoms with Gasteiger partial charge in [-0.15, -0.1) is 0 Å². The van der Waals surface area contributed by atoms with Gasteiger partial charge >= 0.3 is 0 Å². The van der Waals surface area contributed by atoms with E-state index in [1.54, 1.807) is 32.4 Å². The largest absolute Gasteiger partial charge is 0.497 e. The van der Waals surface area contributed by atoms with Crippen LogP contribution in [0.25, 0.3) is 0 Å². The summed E-state index contributed by atoms with van der Waals surface area (Å²) in [7, 11) is 3.08. The molecule has 0 aliphatic heterocycles. The maximum absolute atomic E-state index is 12.3. The van der Waals surface area contributed by atoms with Crippen LogP contribution in [0, 0.1) is 13.8 Å². The number of amides is 1. The number of anilines is 1. The summed E-state index contributed by atoms with van der Waals surface area (Å²) in [5.74, 6) is 0.889. The Kier molecular flexibility index (Phi) is 3.93. The molecule has 0 saturated heterocycles. The predicted octanol–water partition coefficient (Wildman–Crippen LogP) is 2.30. The Bertz CT molecular complexity index is 593.